The molecule has 108 valence electrons. The molecule has 0 fully saturated rings. The number of benzene rings is 1. The maximum atomic E-state index is 12.3. The lowest BCUT2D eigenvalue weighted by molar-refractivity contribution is -0.125. The number of nitrogens with zero attached hydrogens (tertiary/aromatic N) is 1. The van der Waals surface area contributed by atoms with E-state index in [1.165, 1.54) is 0 Å². The van der Waals surface area contributed by atoms with Gasteiger partial charge in [-0.15, -0.1) is 0 Å². The van der Waals surface area contributed by atoms with Gasteiger partial charge >= 0.3 is 0 Å². The van der Waals surface area contributed by atoms with Gasteiger partial charge in [0.15, 0.2) is 0 Å². The molecule has 1 heterocycles. The van der Waals surface area contributed by atoms with E-state index in [1.54, 1.807) is 11.8 Å². The van der Waals surface area contributed by atoms with Gasteiger partial charge in [0.05, 0.1) is 0 Å². The third kappa shape index (κ3) is 3.00. The van der Waals surface area contributed by atoms with Crippen LogP contribution >= 0.6 is 0 Å². The minimum absolute atomic E-state index is 0.0490. The van der Waals surface area contributed by atoms with Crippen LogP contribution in [0.4, 0.5) is 0 Å². The zero-order valence-electron chi connectivity index (χ0n) is 12.3. The third-order valence-corrected chi connectivity index (χ3v) is 3.72. The average molecular weight is 274 g/mol. The fourth-order valence-electron chi connectivity index (χ4n) is 2.36. The van der Waals surface area contributed by atoms with Crippen LogP contribution in [0.3, 0.4) is 0 Å². The van der Waals surface area contributed by atoms with Gasteiger partial charge in [0.2, 0.25) is 5.91 Å². The van der Waals surface area contributed by atoms with Crippen molar-refractivity contribution < 1.29 is 9.59 Å². The van der Waals surface area contributed by atoms with Crippen molar-refractivity contribution in [3.63, 3.8) is 0 Å². The highest BCUT2D eigenvalue weighted by atomic mass is 16.2. The molecule has 1 aliphatic heterocycles. The van der Waals surface area contributed by atoms with E-state index in [0.29, 0.717) is 24.6 Å². The van der Waals surface area contributed by atoms with Crippen LogP contribution in [0, 0.1) is 5.92 Å². The Hall–Kier alpha value is -1.84. The molecular formula is C16H22N2O2. The molecular weight excluding hydrogens is 252 g/mol. The van der Waals surface area contributed by atoms with Crippen molar-refractivity contribution in [2.45, 2.75) is 39.8 Å². The van der Waals surface area contributed by atoms with Gasteiger partial charge in [0.25, 0.3) is 5.91 Å². The Kier molecular flexibility index (Phi) is 4.42. The minimum atomic E-state index is -0.429. The van der Waals surface area contributed by atoms with Crippen LogP contribution in [0.2, 0.25) is 0 Å². The van der Waals surface area contributed by atoms with E-state index in [0.717, 1.165) is 12.0 Å². The minimum Gasteiger partial charge on any atom is -0.354 e. The number of rotatable bonds is 5. The van der Waals surface area contributed by atoms with Gasteiger partial charge in [0, 0.05) is 18.7 Å². The molecule has 0 unspecified atom stereocenters. The SMILES string of the molecule is CC(C)CCNC(=O)[C@@H](C)N1Cc2ccccc2C1=O. The van der Waals surface area contributed by atoms with Gasteiger partial charge in [-0.2, -0.15) is 0 Å². The molecule has 0 saturated carbocycles. The van der Waals surface area contributed by atoms with Crippen LogP contribution in [-0.2, 0) is 11.3 Å². The first-order valence-corrected chi connectivity index (χ1v) is 7.17. The summed E-state index contributed by atoms with van der Waals surface area (Å²) in [7, 11) is 0. The second-order valence-corrected chi connectivity index (χ2v) is 5.74. The largest absolute Gasteiger partial charge is 0.354 e. The Morgan fingerprint density at radius 2 is 2.00 bits per heavy atom. The van der Waals surface area contributed by atoms with Crippen molar-refractivity contribution in [2.75, 3.05) is 6.54 Å². The number of hydrogen-bond acceptors (Lipinski definition) is 2. The van der Waals surface area contributed by atoms with Gasteiger partial charge in [-0.1, -0.05) is 32.0 Å². The molecule has 1 aliphatic rings. The van der Waals surface area contributed by atoms with Crippen molar-refractivity contribution in [1.29, 1.82) is 0 Å². The summed E-state index contributed by atoms with van der Waals surface area (Å²) in [5.74, 6) is 0.433. The van der Waals surface area contributed by atoms with Gasteiger partial charge in [-0.3, -0.25) is 9.59 Å². The van der Waals surface area contributed by atoms with Crippen molar-refractivity contribution in [1.82, 2.24) is 10.2 Å². The molecule has 1 aromatic rings. The number of hydrogen-bond donors (Lipinski definition) is 1. The zero-order valence-corrected chi connectivity index (χ0v) is 12.3. The molecule has 0 aromatic heterocycles. The molecule has 20 heavy (non-hydrogen) atoms. The highest BCUT2D eigenvalue weighted by Gasteiger charge is 2.33. The lowest BCUT2D eigenvalue weighted by Gasteiger charge is -2.23. The van der Waals surface area contributed by atoms with E-state index >= 15 is 0 Å². The predicted octanol–water partition coefficient (Wildman–Crippen LogP) is 2.19. The summed E-state index contributed by atoms with van der Waals surface area (Å²) >= 11 is 0. The second-order valence-electron chi connectivity index (χ2n) is 5.74. The zero-order chi connectivity index (χ0) is 14.7. The number of nitrogens with one attached hydrogen (secondary N) is 1. The molecule has 4 heteroatoms. The van der Waals surface area contributed by atoms with E-state index in [9.17, 15) is 9.59 Å². The van der Waals surface area contributed by atoms with E-state index in [4.69, 9.17) is 0 Å². The molecule has 0 radical (unpaired) electrons. The maximum absolute atomic E-state index is 12.3. The Bertz CT molecular complexity index is 511. The summed E-state index contributed by atoms with van der Waals surface area (Å²) in [6.45, 7) is 7.21. The van der Waals surface area contributed by atoms with E-state index in [1.807, 2.05) is 24.3 Å². The number of carbonyl (C=O) groups excluding carboxylic acids is 2. The first-order chi connectivity index (χ1) is 9.50. The summed E-state index contributed by atoms with van der Waals surface area (Å²) in [6, 6.07) is 7.11. The summed E-state index contributed by atoms with van der Waals surface area (Å²) in [4.78, 5) is 26.0. The van der Waals surface area contributed by atoms with E-state index < -0.39 is 6.04 Å². The smallest absolute Gasteiger partial charge is 0.255 e. The van der Waals surface area contributed by atoms with Crippen LogP contribution < -0.4 is 5.32 Å². The standard InChI is InChI=1S/C16H22N2O2/c1-11(2)8-9-17-15(19)12(3)18-10-13-6-4-5-7-14(13)16(18)20/h4-7,11-12H,8-10H2,1-3H3,(H,17,19)/t12-/m1/s1. The monoisotopic (exact) mass is 274 g/mol. The van der Waals surface area contributed by atoms with Crippen LogP contribution in [0.1, 0.15) is 43.1 Å². The normalized spacial score (nSPS) is 15.4. The number of amides is 2. The molecule has 0 aliphatic carbocycles. The Morgan fingerprint density at radius 3 is 2.65 bits per heavy atom. The summed E-state index contributed by atoms with van der Waals surface area (Å²) in [5, 5.41) is 2.91. The number of carbonyl (C=O) groups is 2. The maximum Gasteiger partial charge on any atom is 0.255 e. The molecule has 0 spiro atoms. The van der Waals surface area contributed by atoms with Gasteiger partial charge in [-0.25, -0.2) is 0 Å². The fraction of sp³-hybridized carbons (Fsp3) is 0.500. The average Bonchev–Trinajstić information content (AvgIpc) is 2.75. The van der Waals surface area contributed by atoms with Crippen molar-refractivity contribution in [3.05, 3.63) is 35.4 Å². The Labute approximate surface area is 120 Å². The van der Waals surface area contributed by atoms with Crippen LogP contribution in [0.15, 0.2) is 24.3 Å². The summed E-state index contributed by atoms with van der Waals surface area (Å²) in [5.41, 5.74) is 1.72. The third-order valence-electron chi connectivity index (χ3n) is 3.72. The number of fused-ring (bicyclic) bond motifs is 1. The molecule has 2 amide bonds. The van der Waals surface area contributed by atoms with Crippen LogP contribution in [0.5, 0.6) is 0 Å². The first kappa shape index (κ1) is 14.6. The van der Waals surface area contributed by atoms with Crippen molar-refractivity contribution >= 4 is 11.8 Å². The molecule has 1 atom stereocenters. The molecule has 0 bridgehead atoms. The topological polar surface area (TPSA) is 49.4 Å². The van der Waals surface area contributed by atoms with Crippen LogP contribution in [-0.4, -0.2) is 29.3 Å². The molecule has 0 saturated heterocycles. The van der Waals surface area contributed by atoms with Gasteiger partial charge < -0.3 is 10.2 Å². The Morgan fingerprint density at radius 1 is 1.30 bits per heavy atom. The summed E-state index contributed by atoms with van der Waals surface area (Å²) in [6.07, 6.45) is 0.951. The van der Waals surface area contributed by atoms with E-state index in [-0.39, 0.29) is 11.8 Å². The highest BCUT2D eigenvalue weighted by molar-refractivity contribution is 6.00. The van der Waals surface area contributed by atoms with Crippen molar-refractivity contribution in [3.8, 4) is 0 Å². The lowest BCUT2D eigenvalue weighted by atomic mass is 10.1. The quantitative estimate of drug-likeness (QED) is 0.895. The van der Waals surface area contributed by atoms with Gasteiger partial charge in [0.1, 0.15) is 6.04 Å². The highest BCUT2D eigenvalue weighted by Crippen LogP contribution is 2.24. The van der Waals surface area contributed by atoms with Gasteiger partial charge in [-0.05, 0) is 30.9 Å². The molecule has 2 rings (SSSR count). The molecule has 4 nitrogen and oxygen atoms in total. The fourth-order valence-corrected chi connectivity index (χ4v) is 2.36. The first-order valence-electron chi connectivity index (χ1n) is 7.17. The lowest BCUT2D eigenvalue weighted by Crippen LogP contribution is -2.45. The van der Waals surface area contributed by atoms with Crippen molar-refractivity contribution in [2.24, 2.45) is 5.92 Å². The van der Waals surface area contributed by atoms with E-state index in [2.05, 4.69) is 19.2 Å². The Balaban J connectivity index is 1.96. The molecule has 1 N–H and O–H groups in total. The predicted molar refractivity (Wildman–Crippen MR) is 78.2 cm³/mol. The molecule has 1 aromatic carbocycles. The second kappa shape index (κ2) is 6.07. The van der Waals surface area contributed by atoms with Crippen LogP contribution in [0.25, 0.3) is 0 Å². The summed E-state index contributed by atoms with van der Waals surface area (Å²) < 4.78 is 0.